The lowest BCUT2D eigenvalue weighted by Gasteiger charge is -2.43. The van der Waals surface area contributed by atoms with Crippen molar-refractivity contribution < 1.29 is 51.4 Å². The summed E-state index contributed by atoms with van der Waals surface area (Å²) in [5, 5.41) is 5.09. The highest BCUT2D eigenvalue weighted by molar-refractivity contribution is 5.94. The predicted octanol–water partition coefficient (Wildman–Crippen LogP) is 6.17. The fourth-order valence-electron chi connectivity index (χ4n) is 11.7. The van der Waals surface area contributed by atoms with Crippen molar-refractivity contribution in [2.75, 3.05) is 66.8 Å². The number of methoxy groups -OCH3 is 1. The molecule has 5 amide bonds. The third kappa shape index (κ3) is 11.1. The Morgan fingerprint density at radius 3 is 2.49 bits per heavy atom. The summed E-state index contributed by atoms with van der Waals surface area (Å²) < 4.78 is 63.4. The maximum absolute atomic E-state index is 14.8. The lowest BCUT2D eigenvalue weighted by Crippen LogP contribution is -2.64. The topological polar surface area (TPSA) is 171 Å². The number of fused-ring (bicyclic) bond motifs is 6. The van der Waals surface area contributed by atoms with Crippen LogP contribution in [0.2, 0.25) is 0 Å². The summed E-state index contributed by atoms with van der Waals surface area (Å²) in [5.41, 5.74) is 5.09. The van der Waals surface area contributed by atoms with Gasteiger partial charge in [0.05, 0.1) is 35.7 Å². The predicted molar refractivity (Wildman–Crippen MR) is 266 cm³/mol. The maximum atomic E-state index is 14.8. The molecule has 1 unspecified atom stereocenters. The number of benzene rings is 1. The molecule has 73 heavy (non-hydrogen) atoms. The van der Waals surface area contributed by atoms with Crippen molar-refractivity contribution in [2.45, 2.75) is 135 Å². The summed E-state index contributed by atoms with van der Waals surface area (Å²) in [7, 11) is 3.12. The number of hydrogen-bond acceptors (Lipinski definition) is 11. The van der Waals surface area contributed by atoms with Gasteiger partial charge < -0.3 is 43.7 Å². The van der Waals surface area contributed by atoms with Crippen LogP contribution in [0.3, 0.4) is 0 Å². The van der Waals surface area contributed by atoms with Crippen molar-refractivity contribution >= 4 is 40.6 Å². The van der Waals surface area contributed by atoms with E-state index in [1.54, 1.807) is 48.2 Å². The fraction of sp³-hybridized carbons (Fsp3) is 0.623. The summed E-state index contributed by atoms with van der Waals surface area (Å²) in [6, 6.07) is 5.61. The number of carbonyl (C=O) groups is 5. The van der Waals surface area contributed by atoms with Gasteiger partial charge in [0.1, 0.15) is 31.4 Å². The number of esters is 1. The Labute approximate surface area is 425 Å². The molecule has 3 aromatic rings. The minimum atomic E-state index is -4.57. The number of amides is 5. The second kappa shape index (κ2) is 21.3. The molecule has 20 heteroatoms. The Morgan fingerprint density at radius 2 is 1.81 bits per heavy atom. The standard InChI is InChI=1S/C53H72F3N9O8/c1-10-43(66)64-31-73-52(34(64)5)18-23-62(24-19-52)50(70)60(8)45(32(2)3)47(67)58-41-28-61-22-17-36(27-61)35-15-16-42-38(25-35)39(26-51(6,7)30-72-49(69)40-14-12-21-65(59-40)48(41)68)46(63(42)29-53(54,55)56)37-13-11-20-57-44(37)33(4)71-9/h10-11,13,15-16,20,25,32-34,36,40-41,45,59H,1,12,14,17-19,21-24,26-31H2,2-9H3,(H,58,67)/t33-,34-,36+,40-,41-,45-/m0/s1. The molecule has 7 heterocycles. The van der Waals surface area contributed by atoms with Crippen LogP contribution < -0.4 is 10.7 Å². The summed E-state index contributed by atoms with van der Waals surface area (Å²) >= 11 is 0. The quantitative estimate of drug-likeness (QED) is 0.186. The molecular formula is C53H72F3N9O8. The van der Waals surface area contributed by atoms with Crippen LogP contribution >= 0.6 is 0 Å². The van der Waals surface area contributed by atoms with Gasteiger partial charge in [-0.05, 0) is 112 Å². The monoisotopic (exact) mass is 1020 g/mol. The number of likely N-dealkylation sites (tertiary alicyclic amines) is 1. The van der Waals surface area contributed by atoms with Crippen LogP contribution in [0.5, 0.6) is 0 Å². The number of aromatic nitrogens is 2. The van der Waals surface area contributed by atoms with E-state index in [1.807, 2.05) is 46.8 Å². The third-order valence-electron chi connectivity index (χ3n) is 15.8. The number of alkyl halides is 3. The number of piperidine rings is 1. The Kier molecular flexibility index (Phi) is 15.7. The number of urea groups is 1. The molecule has 2 N–H and O–H groups in total. The molecule has 7 atom stereocenters. The number of likely N-dealkylation sites (N-methyl/N-ethyl adjacent to an activating group) is 1. The van der Waals surface area contributed by atoms with E-state index in [9.17, 15) is 37.1 Å². The SMILES string of the molecule is C=CC(=O)N1COC2(CCN(C(=O)N(C)[C@H](C(=O)N[C@H]3CN4CC[C@H](C4)c4ccc5c(c4)c(c(-c4cccnc4[C@H](C)OC)n5CC(F)(F)F)CC(C)(C)COC(=O)[C@@H]4CCCN(N4)C3=O)C(C)C)CC2)[C@@H]1C. The Morgan fingerprint density at radius 1 is 1.07 bits per heavy atom. The number of cyclic esters (lactones) is 1. The lowest BCUT2D eigenvalue weighted by atomic mass is 9.84. The molecule has 5 aliphatic rings. The molecule has 398 valence electrons. The average Bonchev–Trinajstić information content (AvgIpc) is 4.04. The van der Waals surface area contributed by atoms with Gasteiger partial charge in [-0.2, -0.15) is 13.2 Å². The second-order valence-electron chi connectivity index (χ2n) is 21.8. The molecule has 0 saturated carbocycles. The first-order valence-corrected chi connectivity index (χ1v) is 25.6. The highest BCUT2D eigenvalue weighted by Gasteiger charge is 2.50. The molecule has 1 aromatic carbocycles. The van der Waals surface area contributed by atoms with Crippen LogP contribution in [0.4, 0.5) is 18.0 Å². The van der Waals surface area contributed by atoms with Crippen LogP contribution in [-0.2, 0) is 46.4 Å². The van der Waals surface area contributed by atoms with Gasteiger partial charge in [0, 0.05) is 75.0 Å². The molecule has 2 aromatic heterocycles. The van der Waals surface area contributed by atoms with Crippen LogP contribution in [0, 0.1) is 11.3 Å². The van der Waals surface area contributed by atoms with E-state index in [0.29, 0.717) is 91.7 Å². The minimum Gasteiger partial charge on any atom is -0.464 e. The fourth-order valence-corrected chi connectivity index (χ4v) is 11.7. The number of pyridine rings is 1. The highest BCUT2D eigenvalue weighted by atomic mass is 19.4. The first-order chi connectivity index (χ1) is 34.5. The number of hydrogen-bond donors (Lipinski definition) is 2. The maximum Gasteiger partial charge on any atom is 0.406 e. The number of rotatable bonds is 9. The number of halogens is 3. The average molecular weight is 1020 g/mol. The van der Waals surface area contributed by atoms with Crippen LogP contribution in [0.15, 0.2) is 49.2 Å². The number of carbonyl (C=O) groups excluding carboxylic acids is 5. The van der Waals surface area contributed by atoms with Gasteiger partial charge in [-0.25, -0.2) is 10.2 Å². The first kappa shape index (κ1) is 53.7. The Hall–Kier alpha value is -5.57. The zero-order valence-corrected chi connectivity index (χ0v) is 43.4. The summed E-state index contributed by atoms with van der Waals surface area (Å²) in [4.78, 5) is 81.6. The van der Waals surface area contributed by atoms with Crippen molar-refractivity contribution in [3.8, 4) is 11.3 Å². The van der Waals surface area contributed by atoms with E-state index in [0.717, 1.165) is 5.56 Å². The molecule has 8 rings (SSSR count). The van der Waals surface area contributed by atoms with Crippen molar-refractivity contribution in [1.82, 2.24) is 44.9 Å². The van der Waals surface area contributed by atoms with Gasteiger partial charge in [-0.1, -0.05) is 40.3 Å². The van der Waals surface area contributed by atoms with Crippen molar-refractivity contribution in [3.05, 3.63) is 66.0 Å². The molecule has 5 aliphatic heterocycles. The summed E-state index contributed by atoms with van der Waals surface area (Å²) in [6.07, 6.45) is 0.534. The van der Waals surface area contributed by atoms with Crippen LogP contribution in [0.1, 0.15) is 102 Å². The summed E-state index contributed by atoms with van der Waals surface area (Å²) in [5.74, 6) is -2.17. The van der Waals surface area contributed by atoms with Gasteiger partial charge in [0.2, 0.25) is 11.8 Å². The first-order valence-electron chi connectivity index (χ1n) is 25.6. The zero-order valence-electron chi connectivity index (χ0n) is 43.4. The van der Waals surface area contributed by atoms with E-state index in [1.165, 1.54) is 27.7 Å². The molecule has 4 saturated heterocycles. The number of ether oxygens (including phenoxy) is 3. The van der Waals surface area contributed by atoms with Crippen LogP contribution in [-0.4, -0.2) is 167 Å². The lowest BCUT2D eigenvalue weighted by molar-refractivity contribution is -0.155. The zero-order chi connectivity index (χ0) is 52.7. The van der Waals surface area contributed by atoms with E-state index in [-0.39, 0.29) is 62.7 Å². The highest BCUT2D eigenvalue weighted by Crippen LogP contribution is 2.44. The van der Waals surface area contributed by atoms with E-state index in [4.69, 9.17) is 14.2 Å². The molecule has 17 nitrogen and oxygen atoms in total. The van der Waals surface area contributed by atoms with Gasteiger partial charge in [0.15, 0.2) is 0 Å². The molecular weight excluding hydrogens is 948 g/mol. The Balaban J connectivity index is 1.10. The molecule has 4 fully saturated rings. The molecule has 6 bridgehead atoms. The number of hydrazine groups is 1. The third-order valence-corrected chi connectivity index (χ3v) is 15.8. The van der Waals surface area contributed by atoms with Gasteiger partial charge in [-0.3, -0.25) is 29.2 Å². The summed E-state index contributed by atoms with van der Waals surface area (Å²) in [6.45, 7) is 15.8. The molecule has 0 radical (unpaired) electrons. The minimum absolute atomic E-state index is 0.0649. The van der Waals surface area contributed by atoms with Gasteiger partial charge in [0.25, 0.3) is 5.91 Å². The smallest absolute Gasteiger partial charge is 0.406 e. The van der Waals surface area contributed by atoms with Crippen molar-refractivity contribution in [1.29, 1.82) is 0 Å². The van der Waals surface area contributed by atoms with Crippen molar-refractivity contribution in [2.24, 2.45) is 11.3 Å². The van der Waals surface area contributed by atoms with Gasteiger partial charge >= 0.3 is 18.2 Å². The van der Waals surface area contributed by atoms with Gasteiger partial charge in [-0.15, -0.1) is 0 Å². The number of nitrogens with one attached hydrogen (secondary N) is 2. The molecule has 0 aliphatic carbocycles. The van der Waals surface area contributed by atoms with Crippen LogP contribution in [0.25, 0.3) is 22.2 Å². The van der Waals surface area contributed by atoms with E-state index < -0.39 is 65.8 Å². The van der Waals surface area contributed by atoms with E-state index >= 15 is 0 Å². The second-order valence-corrected chi connectivity index (χ2v) is 21.8. The van der Waals surface area contributed by atoms with Crippen molar-refractivity contribution in [3.63, 3.8) is 0 Å². The largest absolute Gasteiger partial charge is 0.464 e. The Bertz CT molecular complexity index is 2580. The molecule has 1 spiro atoms. The normalized spacial score (nSPS) is 25.4. The number of nitrogens with zero attached hydrogens (tertiary/aromatic N) is 7. The van der Waals surface area contributed by atoms with E-state index in [2.05, 4.69) is 27.2 Å².